The van der Waals surface area contributed by atoms with E-state index in [1.54, 1.807) is 0 Å². The second-order valence-corrected chi connectivity index (χ2v) is 5.16. The topological polar surface area (TPSA) is 3.24 Å². The number of hydrogen-bond donors (Lipinski definition) is 0. The Morgan fingerprint density at radius 3 is 1.77 bits per heavy atom. The second kappa shape index (κ2) is 4.72. The van der Waals surface area contributed by atoms with Gasteiger partial charge in [-0.1, -0.05) is 12.8 Å². The van der Waals surface area contributed by atoms with E-state index in [-0.39, 0.29) is 38.1 Å². The molecule has 1 saturated heterocycles. The Labute approximate surface area is 109 Å². The molecule has 13 heavy (non-hydrogen) atoms. The maximum Gasteiger partial charge on any atom is 0.0124 e. The van der Waals surface area contributed by atoms with Gasteiger partial charge in [-0.25, -0.2) is 0 Å². The predicted octanol–water partition coefficient (Wildman–Crippen LogP) is 2.53. The van der Waals surface area contributed by atoms with Gasteiger partial charge in [0.1, 0.15) is 0 Å². The Bertz CT molecular complexity index is 148. The minimum atomic E-state index is 0. The molecule has 0 aromatic rings. The second-order valence-electron chi connectivity index (χ2n) is 5.16. The molecule has 1 fully saturated rings. The Hall–Kier alpha value is 1.06. The van der Waals surface area contributed by atoms with Gasteiger partial charge in [-0.3, -0.25) is 10.3 Å². The summed E-state index contributed by atoms with van der Waals surface area (Å²) in [4.78, 5) is 2.52. The first-order valence-corrected chi connectivity index (χ1v) is 4.77. The zero-order chi connectivity index (χ0) is 9.41. The molecule has 1 radical (unpaired) electrons. The van der Waals surface area contributed by atoms with Crippen LogP contribution in [-0.2, 0) is 32.7 Å². The molecule has 1 aliphatic rings. The Morgan fingerprint density at radius 2 is 1.46 bits per heavy atom. The fourth-order valence-electron chi connectivity index (χ4n) is 1.65. The average Bonchev–Trinajstić information content (AvgIpc) is 1.83. The standard InChI is InChI=1S/C11H21N.Y/c1-10(2,3)12-8-6-11(4,5)7-9-12;/h4-9H2,1-3H3;/q-2;. The van der Waals surface area contributed by atoms with Crippen molar-refractivity contribution in [2.45, 2.75) is 39.2 Å². The van der Waals surface area contributed by atoms with Gasteiger partial charge in [-0.05, 0) is 33.9 Å². The van der Waals surface area contributed by atoms with E-state index in [0.717, 1.165) is 25.9 Å². The maximum atomic E-state index is 4.11. The molecule has 0 saturated carbocycles. The monoisotopic (exact) mass is 256 g/mol. The molecule has 0 aromatic heterocycles. The normalized spacial score (nSPS) is 23.8. The van der Waals surface area contributed by atoms with Gasteiger partial charge in [0.05, 0.1) is 0 Å². The largest absolute Gasteiger partial charge is 0.367 e. The molecular formula is C11H21NY-2. The number of rotatable bonds is 0. The third-order valence-corrected chi connectivity index (χ3v) is 2.77. The Morgan fingerprint density at radius 1 is 1.08 bits per heavy atom. The van der Waals surface area contributed by atoms with E-state index in [0.29, 0.717) is 5.54 Å². The number of likely N-dealkylation sites (tertiary alicyclic amines) is 1. The summed E-state index contributed by atoms with van der Waals surface area (Å²) in [5, 5.41) is 0. The minimum Gasteiger partial charge on any atom is -0.367 e. The van der Waals surface area contributed by atoms with Gasteiger partial charge in [0, 0.05) is 38.2 Å². The van der Waals surface area contributed by atoms with Crippen LogP contribution in [0.4, 0.5) is 0 Å². The zero-order valence-electron chi connectivity index (χ0n) is 9.27. The van der Waals surface area contributed by atoms with E-state index in [1.807, 2.05) is 0 Å². The van der Waals surface area contributed by atoms with Crippen LogP contribution in [0.3, 0.4) is 0 Å². The molecule has 0 aliphatic carbocycles. The minimum absolute atomic E-state index is 0. The van der Waals surface area contributed by atoms with Crippen molar-refractivity contribution in [1.82, 2.24) is 4.90 Å². The fraction of sp³-hybridized carbons (Fsp3) is 0.818. The first-order valence-electron chi connectivity index (χ1n) is 4.77. The van der Waals surface area contributed by atoms with E-state index in [1.165, 1.54) is 0 Å². The van der Waals surface area contributed by atoms with Gasteiger partial charge in [-0.15, -0.1) is 0 Å². The van der Waals surface area contributed by atoms with E-state index >= 15 is 0 Å². The van der Waals surface area contributed by atoms with Crippen LogP contribution in [0.2, 0.25) is 0 Å². The van der Waals surface area contributed by atoms with E-state index < -0.39 is 0 Å². The van der Waals surface area contributed by atoms with Crippen molar-refractivity contribution in [3.05, 3.63) is 13.8 Å². The van der Waals surface area contributed by atoms with Crippen molar-refractivity contribution in [3.63, 3.8) is 0 Å². The van der Waals surface area contributed by atoms with Gasteiger partial charge in [0.25, 0.3) is 0 Å². The van der Waals surface area contributed by atoms with Crippen molar-refractivity contribution in [3.8, 4) is 0 Å². The Balaban J connectivity index is 0.00000144. The molecule has 0 atom stereocenters. The quantitative estimate of drug-likeness (QED) is 0.602. The summed E-state index contributed by atoms with van der Waals surface area (Å²) in [6.07, 6.45) is 2.26. The third-order valence-electron chi connectivity index (χ3n) is 2.77. The van der Waals surface area contributed by atoms with Crippen LogP contribution in [0, 0.1) is 19.3 Å². The van der Waals surface area contributed by atoms with Crippen molar-refractivity contribution in [2.24, 2.45) is 5.41 Å². The van der Waals surface area contributed by atoms with Crippen molar-refractivity contribution >= 4 is 0 Å². The molecular weight excluding hydrogens is 235 g/mol. The molecule has 1 nitrogen and oxygen atoms in total. The first-order chi connectivity index (χ1) is 5.31. The summed E-state index contributed by atoms with van der Waals surface area (Å²) in [6.45, 7) is 17.3. The molecule has 1 rings (SSSR count). The summed E-state index contributed by atoms with van der Waals surface area (Å²) in [5.41, 5.74) is 0.401. The zero-order valence-corrected chi connectivity index (χ0v) is 12.1. The van der Waals surface area contributed by atoms with Crippen LogP contribution in [0.5, 0.6) is 0 Å². The molecule has 0 aromatic carbocycles. The SMILES string of the molecule is [CH2-]C1([CH2-])CCN(C(C)(C)C)CC1.[Y]. The van der Waals surface area contributed by atoms with E-state index in [2.05, 4.69) is 39.5 Å². The molecule has 0 N–H and O–H groups in total. The van der Waals surface area contributed by atoms with Gasteiger partial charge in [0.2, 0.25) is 0 Å². The first kappa shape index (κ1) is 14.1. The summed E-state index contributed by atoms with van der Waals surface area (Å²) in [5.74, 6) is 0. The van der Waals surface area contributed by atoms with Gasteiger partial charge >= 0.3 is 0 Å². The van der Waals surface area contributed by atoms with Gasteiger partial charge < -0.3 is 13.8 Å². The van der Waals surface area contributed by atoms with Crippen LogP contribution in [-0.4, -0.2) is 23.5 Å². The van der Waals surface area contributed by atoms with E-state index in [9.17, 15) is 0 Å². The van der Waals surface area contributed by atoms with Gasteiger partial charge in [-0.2, -0.15) is 0 Å². The van der Waals surface area contributed by atoms with Crippen molar-refractivity contribution in [2.75, 3.05) is 13.1 Å². The van der Waals surface area contributed by atoms with Crippen LogP contribution in [0.25, 0.3) is 0 Å². The molecule has 1 heterocycles. The van der Waals surface area contributed by atoms with Crippen LogP contribution >= 0.6 is 0 Å². The predicted molar refractivity (Wildman–Crippen MR) is 53.7 cm³/mol. The van der Waals surface area contributed by atoms with Crippen LogP contribution < -0.4 is 0 Å². The number of piperidine rings is 1. The summed E-state index contributed by atoms with van der Waals surface area (Å²) in [7, 11) is 0. The molecule has 1 aliphatic heterocycles. The third kappa shape index (κ3) is 4.40. The molecule has 75 valence electrons. The maximum absolute atomic E-state index is 4.11. The molecule has 0 spiro atoms. The molecule has 0 bridgehead atoms. The van der Waals surface area contributed by atoms with Gasteiger partial charge in [0.15, 0.2) is 0 Å². The van der Waals surface area contributed by atoms with Crippen LogP contribution in [0.1, 0.15) is 33.6 Å². The number of nitrogens with zero attached hydrogens (tertiary/aromatic N) is 1. The average molecular weight is 256 g/mol. The molecule has 2 heteroatoms. The van der Waals surface area contributed by atoms with Crippen LogP contribution in [0.15, 0.2) is 0 Å². The van der Waals surface area contributed by atoms with Crippen molar-refractivity contribution in [1.29, 1.82) is 0 Å². The molecule has 0 unspecified atom stereocenters. The van der Waals surface area contributed by atoms with E-state index in [4.69, 9.17) is 0 Å². The Kier molecular flexibility index (Phi) is 5.11. The molecule has 0 amide bonds. The fourth-order valence-corrected chi connectivity index (χ4v) is 1.65. The number of hydrogen-bond acceptors (Lipinski definition) is 1. The van der Waals surface area contributed by atoms with Crippen molar-refractivity contribution < 1.29 is 32.7 Å². The smallest absolute Gasteiger partial charge is 0.0124 e. The summed E-state index contributed by atoms with van der Waals surface area (Å²) >= 11 is 0. The summed E-state index contributed by atoms with van der Waals surface area (Å²) in [6, 6.07) is 0. The summed E-state index contributed by atoms with van der Waals surface area (Å²) < 4.78 is 0.